The number of nitrogens with one attached hydrogen (secondary N) is 1. The summed E-state index contributed by atoms with van der Waals surface area (Å²) in [6.07, 6.45) is 1.70. The smallest absolute Gasteiger partial charge is 0.284 e. The molecule has 0 aliphatic heterocycles. The Morgan fingerprint density at radius 1 is 1.03 bits per heavy atom. The largest absolute Gasteiger partial charge is 0.862 e. The molecular weight excluding hydrogens is 424 g/mol. The van der Waals surface area contributed by atoms with Crippen molar-refractivity contribution in [1.82, 2.24) is 13.7 Å². The van der Waals surface area contributed by atoms with Gasteiger partial charge >= 0.3 is 0 Å². The molecule has 4 rings (SSSR count). The summed E-state index contributed by atoms with van der Waals surface area (Å²) in [6, 6.07) is 18.3. The first-order valence-electron chi connectivity index (χ1n) is 10.6. The Hall–Kier alpha value is -3.23. The molecule has 0 aliphatic carbocycles. The molecule has 0 radical (unpaired) electrons. The summed E-state index contributed by atoms with van der Waals surface area (Å²) in [7, 11) is -3.94. The summed E-state index contributed by atoms with van der Waals surface area (Å²) >= 11 is 0. The second-order valence-corrected chi connectivity index (χ2v) is 9.62. The highest BCUT2D eigenvalue weighted by Gasteiger charge is 2.29. The van der Waals surface area contributed by atoms with Crippen molar-refractivity contribution in [3.8, 4) is 0 Å². The predicted molar refractivity (Wildman–Crippen MR) is 126 cm³/mol. The first kappa shape index (κ1) is 22.0. The van der Waals surface area contributed by atoms with Crippen LogP contribution in [-0.2, 0) is 10.0 Å². The number of hydrogen-bond donors (Lipinski definition) is 1. The van der Waals surface area contributed by atoms with Crippen LogP contribution in [0.5, 0.6) is 0 Å². The van der Waals surface area contributed by atoms with Crippen molar-refractivity contribution in [1.29, 1.82) is 5.41 Å². The van der Waals surface area contributed by atoms with Crippen LogP contribution in [0.1, 0.15) is 20.3 Å². The predicted octanol–water partition coefficient (Wildman–Crippen LogP) is 3.50. The molecule has 32 heavy (non-hydrogen) atoms. The zero-order valence-electron chi connectivity index (χ0n) is 18.2. The van der Waals surface area contributed by atoms with Crippen LogP contribution < -0.4 is 9.59 Å². The van der Waals surface area contributed by atoms with Gasteiger partial charge in [0.15, 0.2) is 0 Å². The summed E-state index contributed by atoms with van der Waals surface area (Å²) in [6.45, 7) is 6.00. The van der Waals surface area contributed by atoms with E-state index in [2.05, 4.69) is 5.10 Å². The Kier molecular flexibility index (Phi) is 5.75. The zero-order chi connectivity index (χ0) is 22.9. The molecular formula is C24H26N4O3S. The molecule has 0 atom stereocenters. The highest BCUT2D eigenvalue weighted by atomic mass is 32.2. The lowest BCUT2D eigenvalue weighted by molar-refractivity contribution is -0.220. The molecule has 1 heterocycles. The third kappa shape index (κ3) is 3.65. The van der Waals surface area contributed by atoms with Gasteiger partial charge in [-0.3, -0.25) is 4.48 Å². The fourth-order valence-electron chi connectivity index (χ4n) is 4.33. The number of nitrogens with zero attached hydrogens (tertiary/aromatic N) is 3. The Bertz CT molecular complexity index is 1400. The van der Waals surface area contributed by atoms with Gasteiger partial charge in [0.1, 0.15) is 5.69 Å². The molecule has 3 aromatic carbocycles. The van der Waals surface area contributed by atoms with Crippen LogP contribution in [0.25, 0.3) is 21.7 Å². The Balaban J connectivity index is 1.88. The van der Waals surface area contributed by atoms with Crippen LogP contribution in [0.4, 0.5) is 5.69 Å². The maximum atomic E-state index is 13.7. The minimum atomic E-state index is -3.94. The quantitative estimate of drug-likeness (QED) is 0.252. The van der Waals surface area contributed by atoms with E-state index in [0.717, 1.165) is 33.6 Å². The Morgan fingerprint density at radius 2 is 1.75 bits per heavy atom. The molecule has 1 N–H and O–H groups in total. The average Bonchev–Trinajstić information content (AvgIpc) is 3.24. The van der Waals surface area contributed by atoms with Gasteiger partial charge in [-0.2, -0.15) is 17.6 Å². The standard InChI is InChI=1S/C24H26N4O3S/c1-3-28(4-2,15-14-24(25)29)20-13-12-19-17-26-27(22(19)16-20)32(30,31)23-11-7-9-18-8-5-6-10-21(18)23/h5-13,16-17H,3-4,14-15H2,1-2H3,(H-,25,29). The topological polar surface area (TPSA) is 98.9 Å². The maximum Gasteiger partial charge on any atom is 0.284 e. The second-order valence-electron chi connectivity index (χ2n) is 7.89. The lowest BCUT2D eigenvalue weighted by Crippen LogP contribution is -2.50. The minimum Gasteiger partial charge on any atom is -0.862 e. The molecule has 0 spiro atoms. The van der Waals surface area contributed by atoms with Crippen LogP contribution in [0.3, 0.4) is 0 Å². The molecule has 4 aromatic rings. The number of hydrogen-bond acceptors (Lipinski definition) is 5. The molecule has 8 heteroatoms. The summed E-state index contributed by atoms with van der Waals surface area (Å²) < 4.78 is 28.9. The summed E-state index contributed by atoms with van der Waals surface area (Å²) in [5.41, 5.74) is 1.40. The van der Waals surface area contributed by atoms with E-state index in [1.807, 2.05) is 56.3 Å². The highest BCUT2D eigenvalue weighted by Crippen LogP contribution is 2.31. The molecule has 0 unspecified atom stereocenters. The zero-order valence-corrected chi connectivity index (χ0v) is 19.0. The van der Waals surface area contributed by atoms with Crippen molar-refractivity contribution < 1.29 is 13.5 Å². The van der Waals surface area contributed by atoms with E-state index >= 15 is 0 Å². The number of quaternary nitrogens is 1. The third-order valence-electron chi connectivity index (χ3n) is 6.30. The minimum absolute atomic E-state index is 0.146. The van der Waals surface area contributed by atoms with E-state index in [4.69, 9.17) is 5.41 Å². The van der Waals surface area contributed by atoms with Crippen molar-refractivity contribution in [3.05, 3.63) is 66.9 Å². The van der Waals surface area contributed by atoms with Crippen molar-refractivity contribution in [2.45, 2.75) is 25.2 Å². The van der Waals surface area contributed by atoms with E-state index < -0.39 is 15.9 Å². The molecule has 7 nitrogen and oxygen atoms in total. The molecule has 0 fully saturated rings. The van der Waals surface area contributed by atoms with Gasteiger partial charge in [-0.15, -0.1) is 0 Å². The number of benzene rings is 3. The molecule has 0 saturated heterocycles. The Morgan fingerprint density at radius 3 is 2.47 bits per heavy atom. The first-order valence-corrected chi connectivity index (χ1v) is 12.1. The normalized spacial score (nSPS) is 12.4. The fraction of sp³-hybridized carbons (Fsp3) is 0.250. The highest BCUT2D eigenvalue weighted by molar-refractivity contribution is 7.90. The van der Waals surface area contributed by atoms with Gasteiger partial charge in [0.05, 0.1) is 36.2 Å². The van der Waals surface area contributed by atoms with Crippen LogP contribution in [0, 0.1) is 5.41 Å². The van der Waals surface area contributed by atoms with Crippen LogP contribution >= 0.6 is 0 Å². The monoisotopic (exact) mass is 450 g/mol. The lowest BCUT2D eigenvalue weighted by atomic mass is 10.1. The first-order chi connectivity index (χ1) is 15.3. The molecule has 0 bridgehead atoms. The van der Waals surface area contributed by atoms with E-state index in [-0.39, 0.29) is 11.3 Å². The molecule has 166 valence electrons. The van der Waals surface area contributed by atoms with Crippen molar-refractivity contribution in [3.63, 3.8) is 0 Å². The SMILES string of the molecule is CC[N+](CC)(CCC(=N)[O-])c1ccc2cnn(S(=O)(=O)c3cccc4ccccc34)c2c1. The third-order valence-corrected chi connectivity index (χ3v) is 7.96. The van der Waals surface area contributed by atoms with Gasteiger partial charge in [0, 0.05) is 23.3 Å². The van der Waals surface area contributed by atoms with Crippen LogP contribution in [0.15, 0.2) is 71.8 Å². The van der Waals surface area contributed by atoms with Gasteiger partial charge in [-0.1, -0.05) is 36.4 Å². The van der Waals surface area contributed by atoms with E-state index in [1.165, 1.54) is 0 Å². The second kappa shape index (κ2) is 8.37. The summed E-state index contributed by atoms with van der Waals surface area (Å²) in [4.78, 5) is 0.206. The molecule has 0 saturated carbocycles. The van der Waals surface area contributed by atoms with Crippen LogP contribution in [0.2, 0.25) is 0 Å². The van der Waals surface area contributed by atoms with Gasteiger partial charge in [-0.05, 0) is 43.3 Å². The number of rotatable bonds is 8. The molecule has 0 amide bonds. The van der Waals surface area contributed by atoms with Gasteiger partial charge in [0.2, 0.25) is 0 Å². The Labute approximate surface area is 187 Å². The van der Waals surface area contributed by atoms with E-state index in [0.29, 0.717) is 21.9 Å². The number of aromatic nitrogens is 2. The molecule has 0 aliphatic rings. The maximum absolute atomic E-state index is 13.7. The average molecular weight is 451 g/mol. The van der Waals surface area contributed by atoms with E-state index in [1.54, 1.807) is 24.4 Å². The summed E-state index contributed by atoms with van der Waals surface area (Å²) in [5, 5.41) is 25.1. The van der Waals surface area contributed by atoms with Gasteiger partial charge in [0.25, 0.3) is 10.0 Å². The van der Waals surface area contributed by atoms with Crippen LogP contribution in [-0.4, -0.2) is 43.1 Å². The van der Waals surface area contributed by atoms with Crippen molar-refractivity contribution in [2.75, 3.05) is 19.6 Å². The number of fused-ring (bicyclic) bond motifs is 2. The summed E-state index contributed by atoms with van der Waals surface area (Å²) in [5.74, 6) is -0.598. The lowest BCUT2D eigenvalue weighted by Gasteiger charge is -2.37. The molecule has 1 aromatic heterocycles. The van der Waals surface area contributed by atoms with Gasteiger partial charge in [-0.25, -0.2) is 0 Å². The van der Waals surface area contributed by atoms with Crippen molar-refractivity contribution in [2.24, 2.45) is 0 Å². The fourth-order valence-corrected chi connectivity index (χ4v) is 5.82. The van der Waals surface area contributed by atoms with Crippen molar-refractivity contribution >= 4 is 43.3 Å². The van der Waals surface area contributed by atoms with Gasteiger partial charge < -0.3 is 10.5 Å². The van der Waals surface area contributed by atoms with E-state index in [9.17, 15) is 13.5 Å².